The van der Waals surface area contributed by atoms with Gasteiger partial charge in [0, 0.05) is 24.2 Å². The molecular formula is C27H48O2. The number of hydrogen-bond donors (Lipinski definition) is 0. The molecule has 6 atom stereocenters. The third-order valence-electron chi connectivity index (χ3n) is 8.45. The Bertz CT molecular complexity index is 495. The van der Waals surface area contributed by atoms with Crippen LogP contribution in [0.4, 0.5) is 0 Å². The standard InChI is InChI=1S/C27H48O2/c1-5-13-23(27(29)21(4)20(3)6-2)15-8-7-9-19-26(28)25-18-12-16-22-14-10-11-17-24(22)25/h20-25H,5-19H2,1-4H3. The largest absolute Gasteiger partial charge is 0.299 e. The Kier molecular flexibility index (Phi) is 10.9. The van der Waals surface area contributed by atoms with Gasteiger partial charge in [0.1, 0.15) is 11.6 Å². The molecule has 0 amide bonds. The first-order chi connectivity index (χ1) is 14.0. The molecule has 0 aromatic heterocycles. The molecule has 0 aliphatic heterocycles. The second kappa shape index (κ2) is 12.9. The Labute approximate surface area is 181 Å². The fourth-order valence-corrected chi connectivity index (χ4v) is 6.17. The van der Waals surface area contributed by atoms with Gasteiger partial charge in [0.05, 0.1) is 0 Å². The highest BCUT2D eigenvalue weighted by Crippen LogP contribution is 2.44. The quantitative estimate of drug-likeness (QED) is 0.294. The van der Waals surface area contributed by atoms with Gasteiger partial charge in [-0.3, -0.25) is 9.59 Å². The van der Waals surface area contributed by atoms with Crippen molar-refractivity contribution >= 4 is 11.6 Å². The van der Waals surface area contributed by atoms with Gasteiger partial charge >= 0.3 is 0 Å². The predicted octanol–water partition coefficient (Wildman–Crippen LogP) is 7.78. The van der Waals surface area contributed by atoms with E-state index in [9.17, 15) is 9.59 Å². The minimum Gasteiger partial charge on any atom is -0.299 e. The van der Waals surface area contributed by atoms with Crippen molar-refractivity contribution in [2.24, 2.45) is 35.5 Å². The Morgan fingerprint density at radius 3 is 2.31 bits per heavy atom. The summed E-state index contributed by atoms with van der Waals surface area (Å²) < 4.78 is 0. The second-order valence-corrected chi connectivity index (χ2v) is 10.4. The Balaban J connectivity index is 1.71. The van der Waals surface area contributed by atoms with E-state index in [0.717, 1.165) is 63.7 Å². The maximum absolute atomic E-state index is 12.9. The van der Waals surface area contributed by atoms with Crippen molar-refractivity contribution in [1.82, 2.24) is 0 Å². The molecule has 2 aliphatic carbocycles. The fraction of sp³-hybridized carbons (Fsp3) is 0.926. The van der Waals surface area contributed by atoms with Crippen LogP contribution < -0.4 is 0 Å². The van der Waals surface area contributed by atoms with Crippen LogP contribution >= 0.6 is 0 Å². The van der Waals surface area contributed by atoms with E-state index in [2.05, 4.69) is 27.7 Å². The highest BCUT2D eigenvalue weighted by atomic mass is 16.1. The molecule has 0 N–H and O–H groups in total. The van der Waals surface area contributed by atoms with Crippen LogP contribution in [0, 0.1) is 35.5 Å². The van der Waals surface area contributed by atoms with E-state index in [-0.39, 0.29) is 11.8 Å². The SMILES string of the molecule is CCCC(CCCCCC(=O)C1CCCC2CCCCC21)C(=O)C(C)C(C)CC. The van der Waals surface area contributed by atoms with Gasteiger partial charge < -0.3 is 0 Å². The van der Waals surface area contributed by atoms with E-state index < -0.39 is 0 Å². The molecule has 2 saturated carbocycles. The average Bonchev–Trinajstić information content (AvgIpc) is 2.75. The number of ketones is 2. The molecule has 2 aliphatic rings. The first-order valence-electron chi connectivity index (χ1n) is 13.1. The molecular weight excluding hydrogens is 356 g/mol. The zero-order chi connectivity index (χ0) is 21.2. The molecule has 2 fully saturated rings. The first kappa shape index (κ1) is 24.6. The summed E-state index contributed by atoms with van der Waals surface area (Å²) in [5, 5.41) is 0. The maximum atomic E-state index is 12.9. The molecule has 2 rings (SSSR count). The molecule has 168 valence electrons. The van der Waals surface area contributed by atoms with Crippen LogP contribution in [0.5, 0.6) is 0 Å². The normalized spacial score (nSPS) is 27.7. The number of hydrogen-bond acceptors (Lipinski definition) is 2. The van der Waals surface area contributed by atoms with Crippen LogP contribution in [0.1, 0.15) is 124 Å². The Morgan fingerprint density at radius 2 is 1.59 bits per heavy atom. The third kappa shape index (κ3) is 7.21. The molecule has 0 spiro atoms. The molecule has 29 heavy (non-hydrogen) atoms. The van der Waals surface area contributed by atoms with Gasteiger partial charge in [-0.05, 0) is 49.9 Å². The molecule has 0 aromatic carbocycles. The Morgan fingerprint density at radius 1 is 0.862 bits per heavy atom. The van der Waals surface area contributed by atoms with Gasteiger partial charge in [-0.25, -0.2) is 0 Å². The molecule has 0 aromatic rings. The lowest BCUT2D eigenvalue weighted by atomic mass is 9.64. The number of fused-ring (bicyclic) bond motifs is 1. The van der Waals surface area contributed by atoms with E-state index in [0.29, 0.717) is 29.3 Å². The van der Waals surface area contributed by atoms with Gasteiger partial charge in [-0.1, -0.05) is 85.5 Å². The fourth-order valence-electron chi connectivity index (χ4n) is 6.17. The van der Waals surface area contributed by atoms with Crippen LogP contribution in [0.2, 0.25) is 0 Å². The molecule has 6 unspecified atom stereocenters. The lowest BCUT2D eigenvalue weighted by molar-refractivity contribution is -0.129. The minimum atomic E-state index is 0.188. The van der Waals surface area contributed by atoms with E-state index in [4.69, 9.17) is 0 Å². The number of rotatable bonds is 13. The zero-order valence-electron chi connectivity index (χ0n) is 19.9. The number of Topliss-reactive ketones (excluding diaryl/α,β-unsaturated/α-hetero) is 2. The van der Waals surface area contributed by atoms with E-state index in [1.807, 2.05) is 0 Å². The summed E-state index contributed by atoms with van der Waals surface area (Å²) >= 11 is 0. The summed E-state index contributed by atoms with van der Waals surface area (Å²) in [6.45, 7) is 8.71. The van der Waals surface area contributed by atoms with E-state index in [1.54, 1.807) is 0 Å². The van der Waals surface area contributed by atoms with Crippen LogP contribution in [0.15, 0.2) is 0 Å². The first-order valence-corrected chi connectivity index (χ1v) is 13.1. The molecule has 2 nitrogen and oxygen atoms in total. The predicted molar refractivity (Wildman–Crippen MR) is 123 cm³/mol. The molecule has 0 bridgehead atoms. The maximum Gasteiger partial charge on any atom is 0.139 e. The molecule has 0 radical (unpaired) electrons. The van der Waals surface area contributed by atoms with Gasteiger partial charge in [0.2, 0.25) is 0 Å². The summed E-state index contributed by atoms with van der Waals surface area (Å²) in [6, 6.07) is 0. The van der Waals surface area contributed by atoms with Crippen LogP contribution in [0.25, 0.3) is 0 Å². The number of carbonyl (C=O) groups is 2. The topological polar surface area (TPSA) is 34.1 Å². The summed E-state index contributed by atoms with van der Waals surface area (Å²) in [6.07, 6.45) is 17.4. The minimum absolute atomic E-state index is 0.188. The molecule has 0 saturated heterocycles. The number of unbranched alkanes of at least 4 members (excludes halogenated alkanes) is 2. The summed E-state index contributed by atoms with van der Waals surface area (Å²) in [7, 11) is 0. The summed E-state index contributed by atoms with van der Waals surface area (Å²) in [5.74, 6) is 3.89. The monoisotopic (exact) mass is 404 g/mol. The highest BCUT2D eigenvalue weighted by Gasteiger charge is 2.37. The summed E-state index contributed by atoms with van der Waals surface area (Å²) in [5.41, 5.74) is 0. The van der Waals surface area contributed by atoms with Crippen molar-refractivity contribution in [2.45, 2.75) is 124 Å². The average molecular weight is 405 g/mol. The molecule has 2 heteroatoms. The van der Waals surface area contributed by atoms with Gasteiger partial charge in [0.15, 0.2) is 0 Å². The van der Waals surface area contributed by atoms with Crippen LogP contribution in [-0.4, -0.2) is 11.6 Å². The lowest BCUT2D eigenvalue weighted by Crippen LogP contribution is -2.35. The van der Waals surface area contributed by atoms with Crippen molar-refractivity contribution in [3.8, 4) is 0 Å². The van der Waals surface area contributed by atoms with Crippen LogP contribution in [0.3, 0.4) is 0 Å². The summed E-state index contributed by atoms with van der Waals surface area (Å²) in [4.78, 5) is 25.8. The van der Waals surface area contributed by atoms with Crippen molar-refractivity contribution in [3.63, 3.8) is 0 Å². The van der Waals surface area contributed by atoms with Crippen molar-refractivity contribution in [3.05, 3.63) is 0 Å². The van der Waals surface area contributed by atoms with Gasteiger partial charge in [-0.15, -0.1) is 0 Å². The van der Waals surface area contributed by atoms with Gasteiger partial charge in [0.25, 0.3) is 0 Å². The van der Waals surface area contributed by atoms with Crippen LogP contribution in [-0.2, 0) is 9.59 Å². The molecule has 0 heterocycles. The van der Waals surface area contributed by atoms with E-state index in [1.165, 1.54) is 38.5 Å². The third-order valence-corrected chi connectivity index (χ3v) is 8.45. The van der Waals surface area contributed by atoms with Crippen molar-refractivity contribution in [2.75, 3.05) is 0 Å². The van der Waals surface area contributed by atoms with Gasteiger partial charge in [-0.2, -0.15) is 0 Å². The second-order valence-electron chi connectivity index (χ2n) is 10.4. The van der Waals surface area contributed by atoms with E-state index >= 15 is 0 Å². The Hall–Kier alpha value is -0.660. The smallest absolute Gasteiger partial charge is 0.139 e. The number of carbonyl (C=O) groups excluding carboxylic acids is 2. The van der Waals surface area contributed by atoms with Crippen molar-refractivity contribution in [1.29, 1.82) is 0 Å². The highest BCUT2D eigenvalue weighted by molar-refractivity contribution is 5.83. The zero-order valence-corrected chi connectivity index (χ0v) is 19.9. The lowest BCUT2D eigenvalue weighted by Gasteiger charge is -2.40. The van der Waals surface area contributed by atoms with Crippen molar-refractivity contribution < 1.29 is 9.59 Å².